The smallest absolute Gasteiger partial charge is 0.255 e. The number of nitrogens with zero attached hydrogens (tertiary/aromatic N) is 4. The molecule has 1 atom stereocenters. The number of anilines is 2. The molecule has 0 unspecified atom stereocenters. The molecular formula is C26H25FN6O3. The average molecular weight is 489 g/mol. The van der Waals surface area contributed by atoms with Crippen molar-refractivity contribution in [1.82, 2.24) is 19.9 Å². The molecule has 3 N–H and O–H groups in total. The van der Waals surface area contributed by atoms with Gasteiger partial charge in [-0.25, -0.2) is 14.4 Å². The highest BCUT2D eigenvalue weighted by molar-refractivity contribution is 6.00. The Morgan fingerprint density at radius 2 is 2.06 bits per heavy atom. The van der Waals surface area contributed by atoms with E-state index < -0.39 is 17.7 Å². The minimum atomic E-state index is -1.65. The Labute approximate surface area is 207 Å². The molecule has 9 nitrogen and oxygen atoms in total. The SMILES string of the molecule is COc1cccc(Nc2cc(-n3ccc4cc(C#N)cnc43)ncc2C(=O)NC[C@@H](F)C(C)(C)O)c1. The van der Waals surface area contributed by atoms with Crippen molar-refractivity contribution < 1.29 is 19.0 Å². The number of nitrogens with one attached hydrogen (secondary N) is 2. The van der Waals surface area contributed by atoms with Crippen LogP contribution in [-0.2, 0) is 0 Å². The van der Waals surface area contributed by atoms with Gasteiger partial charge >= 0.3 is 0 Å². The summed E-state index contributed by atoms with van der Waals surface area (Å²) < 4.78 is 21.3. The number of nitriles is 1. The van der Waals surface area contributed by atoms with Crippen molar-refractivity contribution in [1.29, 1.82) is 5.26 Å². The lowest BCUT2D eigenvalue weighted by atomic mass is 10.0. The molecule has 0 aliphatic rings. The Balaban J connectivity index is 1.72. The number of carbonyl (C=O) groups excluding carboxylic acids is 1. The molecule has 0 aliphatic heterocycles. The number of aliphatic hydroxyl groups is 1. The van der Waals surface area contributed by atoms with Crippen LogP contribution in [0.2, 0.25) is 0 Å². The molecule has 3 heterocycles. The Morgan fingerprint density at radius 3 is 2.78 bits per heavy atom. The molecule has 0 aliphatic carbocycles. The average Bonchev–Trinajstić information content (AvgIpc) is 3.29. The summed E-state index contributed by atoms with van der Waals surface area (Å²) >= 11 is 0. The van der Waals surface area contributed by atoms with Crippen LogP contribution in [0.4, 0.5) is 15.8 Å². The van der Waals surface area contributed by atoms with E-state index in [9.17, 15) is 14.3 Å². The first-order chi connectivity index (χ1) is 17.2. The van der Waals surface area contributed by atoms with Gasteiger partial charge in [0.2, 0.25) is 0 Å². The summed E-state index contributed by atoms with van der Waals surface area (Å²) in [5, 5.41) is 25.5. The van der Waals surface area contributed by atoms with Gasteiger partial charge in [-0.3, -0.25) is 9.36 Å². The van der Waals surface area contributed by atoms with E-state index >= 15 is 0 Å². The summed E-state index contributed by atoms with van der Waals surface area (Å²) in [5.41, 5.74) is 0.704. The van der Waals surface area contributed by atoms with Gasteiger partial charge in [0.25, 0.3) is 5.91 Å². The molecule has 0 radical (unpaired) electrons. The van der Waals surface area contributed by atoms with Crippen LogP contribution in [0.15, 0.2) is 61.1 Å². The lowest BCUT2D eigenvalue weighted by Crippen LogP contribution is -2.42. The van der Waals surface area contributed by atoms with Crippen LogP contribution in [0.1, 0.15) is 29.8 Å². The molecule has 0 bridgehead atoms. The zero-order valence-corrected chi connectivity index (χ0v) is 20.0. The summed E-state index contributed by atoms with van der Waals surface area (Å²) in [6.07, 6.45) is 2.98. The fourth-order valence-electron chi connectivity index (χ4n) is 3.51. The van der Waals surface area contributed by atoms with Gasteiger partial charge in [-0.1, -0.05) is 6.07 Å². The van der Waals surface area contributed by atoms with Gasteiger partial charge in [0, 0.05) is 41.8 Å². The Hall–Kier alpha value is -4.49. The van der Waals surface area contributed by atoms with Gasteiger partial charge in [0.1, 0.15) is 29.5 Å². The first-order valence-corrected chi connectivity index (χ1v) is 11.1. The summed E-state index contributed by atoms with van der Waals surface area (Å²) in [7, 11) is 1.56. The number of ether oxygens (including phenoxy) is 1. The van der Waals surface area contributed by atoms with Gasteiger partial charge in [-0.15, -0.1) is 0 Å². The van der Waals surface area contributed by atoms with Gasteiger partial charge in [0.05, 0.1) is 36.1 Å². The van der Waals surface area contributed by atoms with E-state index in [1.54, 1.807) is 48.2 Å². The van der Waals surface area contributed by atoms with E-state index in [-0.39, 0.29) is 12.1 Å². The molecule has 1 amide bonds. The first kappa shape index (κ1) is 24.6. The number of alkyl halides is 1. The molecular weight excluding hydrogens is 463 g/mol. The molecule has 4 rings (SSSR count). The second-order valence-electron chi connectivity index (χ2n) is 8.71. The van der Waals surface area contributed by atoms with Crippen LogP contribution < -0.4 is 15.4 Å². The maximum atomic E-state index is 14.2. The van der Waals surface area contributed by atoms with E-state index in [1.165, 1.54) is 26.2 Å². The number of carbonyl (C=O) groups is 1. The number of amides is 1. The quantitative estimate of drug-likeness (QED) is 0.344. The van der Waals surface area contributed by atoms with Gasteiger partial charge in [0.15, 0.2) is 0 Å². The largest absolute Gasteiger partial charge is 0.497 e. The summed E-state index contributed by atoms with van der Waals surface area (Å²) in [5.74, 6) is 0.546. The summed E-state index contributed by atoms with van der Waals surface area (Å²) in [4.78, 5) is 21.8. The fourth-order valence-corrected chi connectivity index (χ4v) is 3.51. The van der Waals surface area contributed by atoms with Crippen LogP contribution in [0.3, 0.4) is 0 Å². The van der Waals surface area contributed by atoms with Gasteiger partial charge in [-0.2, -0.15) is 5.26 Å². The Morgan fingerprint density at radius 1 is 1.25 bits per heavy atom. The maximum absolute atomic E-state index is 14.2. The number of fused-ring (bicyclic) bond motifs is 1. The van der Waals surface area contributed by atoms with Crippen molar-refractivity contribution in [2.75, 3.05) is 19.0 Å². The first-order valence-electron chi connectivity index (χ1n) is 11.1. The molecule has 0 spiro atoms. The Kier molecular flexibility index (Phi) is 6.85. The topological polar surface area (TPSA) is 125 Å². The van der Waals surface area contributed by atoms with Gasteiger partial charge < -0.3 is 20.5 Å². The van der Waals surface area contributed by atoms with Crippen LogP contribution in [-0.4, -0.2) is 51.0 Å². The van der Waals surface area contributed by atoms with E-state index in [1.807, 2.05) is 12.1 Å². The zero-order valence-electron chi connectivity index (χ0n) is 20.0. The predicted octanol–water partition coefficient (Wildman–Crippen LogP) is 3.88. The van der Waals surface area contributed by atoms with Crippen molar-refractivity contribution in [3.63, 3.8) is 0 Å². The number of rotatable bonds is 8. The molecule has 0 saturated carbocycles. The molecule has 4 aromatic rings. The third-order valence-corrected chi connectivity index (χ3v) is 5.59. The molecule has 184 valence electrons. The fraction of sp³-hybridized carbons (Fsp3) is 0.231. The monoisotopic (exact) mass is 488 g/mol. The van der Waals surface area contributed by atoms with Crippen molar-refractivity contribution in [3.8, 4) is 17.6 Å². The van der Waals surface area contributed by atoms with Crippen LogP contribution in [0.25, 0.3) is 16.9 Å². The standard InChI is InChI=1S/C26H25FN6O3/c1-26(2,35)22(27)15-31-25(34)20-14-29-23(11-21(20)32-18-5-4-6-19(10-18)36-3)33-8-7-17-9-16(12-28)13-30-24(17)33/h4-11,13-14,22,35H,15H2,1-3H3,(H,29,32)(H,31,34)/t22-/m1/s1. The second kappa shape index (κ2) is 10.0. The molecule has 36 heavy (non-hydrogen) atoms. The molecule has 10 heteroatoms. The lowest BCUT2D eigenvalue weighted by Gasteiger charge is -2.22. The number of pyridine rings is 2. The second-order valence-corrected chi connectivity index (χ2v) is 8.71. The van der Waals surface area contributed by atoms with Crippen molar-refractivity contribution in [3.05, 3.63) is 72.2 Å². The molecule has 0 saturated heterocycles. The van der Waals surface area contributed by atoms with Crippen molar-refractivity contribution in [2.45, 2.75) is 25.6 Å². The van der Waals surface area contributed by atoms with E-state index in [4.69, 9.17) is 10.00 Å². The summed E-state index contributed by atoms with van der Waals surface area (Å²) in [6, 6.07) is 14.5. The number of hydrogen-bond acceptors (Lipinski definition) is 7. The third-order valence-electron chi connectivity index (χ3n) is 5.59. The van der Waals surface area contributed by atoms with Crippen molar-refractivity contribution in [2.24, 2.45) is 0 Å². The Bertz CT molecular complexity index is 1450. The predicted molar refractivity (Wildman–Crippen MR) is 133 cm³/mol. The number of benzene rings is 1. The van der Waals surface area contributed by atoms with Crippen LogP contribution >= 0.6 is 0 Å². The van der Waals surface area contributed by atoms with E-state index in [0.29, 0.717) is 34.2 Å². The van der Waals surface area contributed by atoms with Crippen molar-refractivity contribution >= 4 is 28.3 Å². The lowest BCUT2D eigenvalue weighted by molar-refractivity contribution is -0.00177. The highest BCUT2D eigenvalue weighted by atomic mass is 19.1. The third kappa shape index (κ3) is 5.26. The minimum absolute atomic E-state index is 0.181. The van der Waals surface area contributed by atoms with Crippen LogP contribution in [0.5, 0.6) is 5.75 Å². The number of hydrogen-bond donors (Lipinski definition) is 3. The highest BCUT2D eigenvalue weighted by Gasteiger charge is 2.27. The highest BCUT2D eigenvalue weighted by Crippen LogP contribution is 2.27. The van der Waals surface area contributed by atoms with E-state index in [0.717, 1.165) is 5.39 Å². The van der Waals surface area contributed by atoms with Gasteiger partial charge in [-0.05, 0) is 38.1 Å². The summed E-state index contributed by atoms with van der Waals surface area (Å²) in [6.45, 7) is 2.31. The molecule has 0 fully saturated rings. The number of halogens is 1. The number of methoxy groups -OCH3 is 1. The van der Waals surface area contributed by atoms with E-state index in [2.05, 4.69) is 26.7 Å². The van der Waals surface area contributed by atoms with Crippen LogP contribution in [0, 0.1) is 11.3 Å². The molecule has 1 aromatic carbocycles. The maximum Gasteiger partial charge on any atom is 0.255 e. The number of aromatic nitrogens is 3. The normalized spacial score (nSPS) is 12.1. The minimum Gasteiger partial charge on any atom is -0.497 e. The zero-order chi connectivity index (χ0) is 25.9. The molecule has 3 aromatic heterocycles.